The van der Waals surface area contributed by atoms with Crippen LogP contribution in [0, 0.1) is 6.92 Å². The third-order valence-corrected chi connectivity index (χ3v) is 4.52. The maximum Gasteiger partial charge on any atom is 0.221 e. The molecule has 0 saturated heterocycles. The zero-order valence-electron chi connectivity index (χ0n) is 12.7. The largest absolute Gasteiger partial charge is 0.486 e. The van der Waals surface area contributed by atoms with Crippen molar-refractivity contribution >= 4 is 44.7 Å². The predicted octanol–water partition coefficient (Wildman–Crippen LogP) is 4.80. The summed E-state index contributed by atoms with van der Waals surface area (Å²) in [6.45, 7) is 3.87. The normalized spacial score (nSPS) is 10.7. The minimum Gasteiger partial charge on any atom is -0.486 e. The van der Waals surface area contributed by atoms with Crippen LogP contribution in [0.3, 0.4) is 0 Å². The monoisotopic (exact) mass is 346 g/mol. The summed E-state index contributed by atoms with van der Waals surface area (Å²) in [7, 11) is 0. The van der Waals surface area contributed by atoms with Gasteiger partial charge in [0.15, 0.2) is 0 Å². The SMILES string of the molecule is CC(=O)Nc1ccc(OCc2nc3cc(C)ccc3s2)cc1Cl. The zero-order chi connectivity index (χ0) is 16.4. The fourth-order valence-corrected chi connectivity index (χ4v) is 3.25. The van der Waals surface area contributed by atoms with Gasteiger partial charge < -0.3 is 10.1 Å². The lowest BCUT2D eigenvalue weighted by molar-refractivity contribution is -0.114. The topological polar surface area (TPSA) is 51.2 Å². The van der Waals surface area contributed by atoms with Gasteiger partial charge in [-0.3, -0.25) is 4.79 Å². The van der Waals surface area contributed by atoms with E-state index >= 15 is 0 Å². The molecule has 0 aliphatic rings. The van der Waals surface area contributed by atoms with Gasteiger partial charge in [0.1, 0.15) is 17.4 Å². The number of aryl methyl sites for hydroxylation is 1. The number of fused-ring (bicyclic) bond motifs is 1. The molecule has 2 aromatic carbocycles. The van der Waals surface area contributed by atoms with Crippen molar-refractivity contribution in [1.29, 1.82) is 0 Å². The molecule has 1 heterocycles. The number of thiazole rings is 1. The van der Waals surface area contributed by atoms with Crippen molar-refractivity contribution in [3.05, 3.63) is 52.0 Å². The molecule has 0 atom stereocenters. The van der Waals surface area contributed by atoms with Gasteiger partial charge in [-0.25, -0.2) is 4.98 Å². The first-order valence-electron chi connectivity index (χ1n) is 7.07. The summed E-state index contributed by atoms with van der Waals surface area (Å²) in [5.41, 5.74) is 2.75. The number of benzene rings is 2. The number of anilines is 1. The number of hydrogen-bond acceptors (Lipinski definition) is 4. The predicted molar refractivity (Wildman–Crippen MR) is 94.4 cm³/mol. The van der Waals surface area contributed by atoms with Crippen molar-refractivity contribution < 1.29 is 9.53 Å². The molecule has 0 saturated carbocycles. The van der Waals surface area contributed by atoms with Gasteiger partial charge in [-0.15, -0.1) is 11.3 Å². The van der Waals surface area contributed by atoms with Crippen molar-refractivity contribution in [2.45, 2.75) is 20.5 Å². The maximum absolute atomic E-state index is 11.1. The second-order valence-corrected chi connectivity index (χ2v) is 6.71. The number of halogens is 1. The van der Waals surface area contributed by atoms with Crippen LogP contribution in [0.2, 0.25) is 5.02 Å². The van der Waals surface area contributed by atoms with Gasteiger partial charge in [0.25, 0.3) is 0 Å². The lowest BCUT2D eigenvalue weighted by Gasteiger charge is -2.08. The Morgan fingerprint density at radius 2 is 2.13 bits per heavy atom. The van der Waals surface area contributed by atoms with E-state index in [1.165, 1.54) is 12.5 Å². The van der Waals surface area contributed by atoms with Crippen molar-refractivity contribution in [1.82, 2.24) is 4.98 Å². The Morgan fingerprint density at radius 1 is 1.30 bits per heavy atom. The first kappa shape index (κ1) is 15.8. The summed E-state index contributed by atoms with van der Waals surface area (Å²) in [6.07, 6.45) is 0. The van der Waals surface area contributed by atoms with E-state index in [0.717, 1.165) is 15.2 Å². The highest BCUT2D eigenvalue weighted by Gasteiger charge is 2.07. The van der Waals surface area contributed by atoms with Crippen LogP contribution in [0.25, 0.3) is 10.2 Å². The van der Waals surface area contributed by atoms with Crippen LogP contribution in [0.15, 0.2) is 36.4 Å². The number of hydrogen-bond donors (Lipinski definition) is 1. The van der Waals surface area contributed by atoms with Gasteiger partial charge in [-0.2, -0.15) is 0 Å². The van der Waals surface area contributed by atoms with E-state index in [9.17, 15) is 4.79 Å². The van der Waals surface area contributed by atoms with E-state index in [2.05, 4.69) is 28.5 Å². The molecule has 0 aliphatic carbocycles. The fourth-order valence-electron chi connectivity index (χ4n) is 2.17. The molecule has 23 heavy (non-hydrogen) atoms. The van der Waals surface area contributed by atoms with Crippen molar-refractivity contribution in [2.24, 2.45) is 0 Å². The van der Waals surface area contributed by atoms with Crippen LogP contribution in [0.5, 0.6) is 5.75 Å². The Bertz CT molecular complexity index is 876. The molecule has 3 aromatic rings. The molecule has 4 nitrogen and oxygen atoms in total. The van der Waals surface area contributed by atoms with Crippen molar-refractivity contribution in [3.8, 4) is 5.75 Å². The number of carbonyl (C=O) groups excluding carboxylic acids is 1. The van der Waals surface area contributed by atoms with Gasteiger partial charge in [0, 0.05) is 13.0 Å². The van der Waals surface area contributed by atoms with Crippen LogP contribution in [0.4, 0.5) is 5.69 Å². The average molecular weight is 347 g/mol. The van der Waals surface area contributed by atoms with Crippen LogP contribution >= 0.6 is 22.9 Å². The maximum atomic E-state index is 11.1. The quantitative estimate of drug-likeness (QED) is 0.738. The van der Waals surface area contributed by atoms with E-state index < -0.39 is 0 Å². The number of nitrogens with zero attached hydrogens (tertiary/aromatic N) is 1. The van der Waals surface area contributed by atoms with Gasteiger partial charge in [-0.1, -0.05) is 17.7 Å². The second-order valence-electron chi connectivity index (χ2n) is 5.19. The second kappa shape index (κ2) is 6.56. The number of carbonyl (C=O) groups is 1. The number of aromatic nitrogens is 1. The molecule has 0 fully saturated rings. The lowest BCUT2D eigenvalue weighted by atomic mass is 10.2. The van der Waals surface area contributed by atoms with E-state index in [1.807, 2.05) is 6.92 Å². The minimum atomic E-state index is -0.162. The van der Waals surface area contributed by atoms with Crippen LogP contribution < -0.4 is 10.1 Å². The van der Waals surface area contributed by atoms with E-state index in [0.29, 0.717) is 23.1 Å². The standard InChI is InChI=1S/C17H15ClN2O2S/c1-10-3-6-16-15(7-10)20-17(23-16)9-22-12-4-5-14(13(18)8-12)19-11(2)21/h3-8H,9H2,1-2H3,(H,19,21). The van der Waals surface area contributed by atoms with Crippen molar-refractivity contribution in [3.63, 3.8) is 0 Å². The van der Waals surface area contributed by atoms with Gasteiger partial charge >= 0.3 is 0 Å². The summed E-state index contributed by atoms with van der Waals surface area (Å²) >= 11 is 7.74. The van der Waals surface area contributed by atoms with Crippen LogP contribution in [-0.2, 0) is 11.4 Å². The third kappa shape index (κ3) is 3.81. The molecule has 0 bridgehead atoms. The summed E-state index contributed by atoms with van der Waals surface area (Å²) < 4.78 is 6.89. The molecule has 3 rings (SSSR count). The first-order chi connectivity index (χ1) is 11.0. The molecule has 1 aromatic heterocycles. The fraction of sp³-hybridized carbons (Fsp3) is 0.176. The summed E-state index contributed by atoms with van der Waals surface area (Å²) in [6, 6.07) is 11.4. The van der Waals surface area contributed by atoms with E-state index in [1.54, 1.807) is 29.5 Å². The Labute approximate surface area is 143 Å². The molecule has 1 N–H and O–H groups in total. The molecule has 0 aliphatic heterocycles. The lowest BCUT2D eigenvalue weighted by Crippen LogP contribution is -2.06. The Kier molecular flexibility index (Phi) is 4.50. The van der Waals surface area contributed by atoms with Crippen molar-refractivity contribution in [2.75, 3.05) is 5.32 Å². The molecule has 6 heteroatoms. The Balaban J connectivity index is 1.71. The number of nitrogens with one attached hydrogen (secondary N) is 1. The minimum absolute atomic E-state index is 0.162. The highest BCUT2D eigenvalue weighted by atomic mass is 35.5. The third-order valence-electron chi connectivity index (χ3n) is 3.20. The number of rotatable bonds is 4. The highest BCUT2D eigenvalue weighted by molar-refractivity contribution is 7.18. The summed E-state index contributed by atoms with van der Waals surface area (Å²) in [4.78, 5) is 15.6. The molecule has 0 spiro atoms. The van der Waals surface area contributed by atoms with Crippen LogP contribution in [0.1, 0.15) is 17.5 Å². The van der Waals surface area contributed by atoms with Gasteiger partial charge in [-0.05, 0) is 36.8 Å². The Morgan fingerprint density at radius 3 is 2.87 bits per heavy atom. The average Bonchev–Trinajstić information content (AvgIpc) is 2.89. The highest BCUT2D eigenvalue weighted by Crippen LogP contribution is 2.28. The van der Waals surface area contributed by atoms with E-state index in [-0.39, 0.29) is 5.91 Å². The summed E-state index contributed by atoms with van der Waals surface area (Å²) in [5.74, 6) is 0.477. The van der Waals surface area contributed by atoms with Gasteiger partial charge in [0.05, 0.1) is 20.9 Å². The molecular weight excluding hydrogens is 332 g/mol. The smallest absolute Gasteiger partial charge is 0.221 e. The summed E-state index contributed by atoms with van der Waals surface area (Å²) in [5, 5.41) is 4.01. The molecular formula is C17H15ClN2O2S. The zero-order valence-corrected chi connectivity index (χ0v) is 14.3. The van der Waals surface area contributed by atoms with Gasteiger partial charge in [0.2, 0.25) is 5.91 Å². The first-order valence-corrected chi connectivity index (χ1v) is 8.27. The molecule has 1 amide bonds. The number of amides is 1. The number of ether oxygens (including phenoxy) is 1. The molecule has 118 valence electrons. The van der Waals surface area contributed by atoms with Crippen LogP contribution in [-0.4, -0.2) is 10.9 Å². The molecule has 0 radical (unpaired) electrons. The molecule has 0 unspecified atom stereocenters. The van der Waals surface area contributed by atoms with E-state index in [4.69, 9.17) is 16.3 Å². The Hall–Kier alpha value is -2.11.